The second kappa shape index (κ2) is 10.4. The summed E-state index contributed by atoms with van der Waals surface area (Å²) in [6.45, 7) is 4.33. The third-order valence-electron chi connectivity index (χ3n) is 4.00. The van der Waals surface area contributed by atoms with Crippen molar-refractivity contribution in [1.82, 2.24) is 0 Å². The maximum Gasteiger partial charge on any atom is 0.137 e. The van der Waals surface area contributed by atoms with Crippen LogP contribution in [0.3, 0.4) is 0 Å². The fourth-order valence-corrected chi connectivity index (χ4v) is 2.63. The molecule has 136 valence electrons. The van der Waals surface area contributed by atoms with Gasteiger partial charge in [-0.05, 0) is 36.8 Å². The first-order valence-electron chi connectivity index (χ1n) is 8.59. The SMILES string of the molecule is C[C@@H](OC[C@@H](O)C[NH+](C)CCOc1ccccc1)c1ccc(Cl)cc1. The number of hydrogen-bond donors (Lipinski definition) is 2. The number of halogens is 1. The molecule has 2 N–H and O–H groups in total. The summed E-state index contributed by atoms with van der Waals surface area (Å²) in [6.07, 6.45) is -0.583. The van der Waals surface area contributed by atoms with Crippen LogP contribution in [0.2, 0.25) is 5.02 Å². The van der Waals surface area contributed by atoms with Crippen LogP contribution in [0.1, 0.15) is 18.6 Å². The molecule has 2 aromatic carbocycles. The molecule has 1 unspecified atom stereocenters. The Hall–Kier alpha value is -1.59. The Morgan fingerprint density at radius 1 is 1.08 bits per heavy atom. The van der Waals surface area contributed by atoms with Crippen LogP contribution in [0.15, 0.2) is 54.6 Å². The molecule has 2 rings (SSSR count). The van der Waals surface area contributed by atoms with Crippen LogP contribution in [-0.4, -0.2) is 44.6 Å². The highest BCUT2D eigenvalue weighted by atomic mass is 35.5. The summed E-state index contributed by atoms with van der Waals surface area (Å²) < 4.78 is 11.4. The van der Waals surface area contributed by atoms with Crippen LogP contribution in [0, 0.1) is 0 Å². The van der Waals surface area contributed by atoms with Crippen molar-refractivity contribution in [1.29, 1.82) is 0 Å². The standard InChI is InChI=1S/C20H26ClNO3/c1-16(17-8-10-18(21)11-9-17)25-15-19(23)14-22(2)12-13-24-20-6-4-3-5-7-20/h3-11,16,19,23H,12-15H2,1-2H3/p+1/t16-,19+/m1/s1. The Bertz CT molecular complexity index is 606. The van der Waals surface area contributed by atoms with Crippen LogP contribution in [0.4, 0.5) is 0 Å². The number of aliphatic hydroxyl groups is 1. The largest absolute Gasteiger partial charge is 0.488 e. The Labute approximate surface area is 154 Å². The van der Waals surface area contributed by atoms with E-state index in [0.717, 1.165) is 17.9 Å². The lowest BCUT2D eigenvalue weighted by Crippen LogP contribution is -3.10. The molecule has 0 saturated heterocycles. The lowest BCUT2D eigenvalue weighted by Gasteiger charge is -2.20. The Morgan fingerprint density at radius 3 is 2.44 bits per heavy atom. The molecule has 0 radical (unpaired) electrons. The van der Waals surface area contributed by atoms with E-state index in [1.807, 2.05) is 68.6 Å². The molecule has 0 aliphatic rings. The molecule has 0 aromatic heterocycles. The maximum atomic E-state index is 10.2. The molecule has 3 atom stereocenters. The number of nitrogens with one attached hydrogen (secondary N) is 1. The third kappa shape index (κ3) is 7.45. The first-order chi connectivity index (χ1) is 12.0. The van der Waals surface area contributed by atoms with Gasteiger partial charge in [0.15, 0.2) is 0 Å². The van der Waals surface area contributed by atoms with E-state index in [-0.39, 0.29) is 6.10 Å². The van der Waals surface area contributed by atoms with Crippen molar-refractivity contribution in [2.24, 2.45) is 0 Å². The molecule has 0 heterocycles. The van der Waals surface area contributed by atoms with Crippen LogP contribution < -0.4 is 9.64 Å². The summed E-state index contributed by atoms with van der Waals surface area (Å²) >= 11 is 5.89. The number of aliphatic hydroxyl groups excluding tert-OH is 1. The van der Waals surface area contributed by atoms with Gasteiger partial charge in [0.1, 0.15) is 31.5 Å². The quantitative estimate of drug-likeness (QED) is 0.680. The van der Waals surface area contributed by atoms with Crippen molar-refractivity contribution in [2.45, 2.75) is 19.1 Å². The van der Waals surface area contributed by atoms with Gasteiger partial charge in [-0.25, -0.2) is 0 Å². The van der Waals surface area contributed by atoms with Crippen molar-refractivity contribution in [2.75, 3.05) is 33.4 Å². The van der Waals surface area contributed by atoms with E-state index < -0.39 is 6.10 Å². The molecule has 0 fully saturated rings. The summed E-state index contributed by atoms with van der Waals surface area (Å²) in [4.78, 5) is 1.20. The van der Waals surface area contributed by atoms with Gasteiger partial charge in [-0.15, -0.1) is 0 Å². The van der Waals surface area contributed by atoms with E-state index in [1.165, 1.54) is 4.90 Å². The predicted molar refractivity (Wildman–Crippen MR) is 100 cm³/mol. The average molecular weight is 365 g/mol. The third-order valence-corrected chi connectivity index (χ3v) is 4.25. The maximum absolute atomic E-state index is 10.2. The number of ether oxygens (including phenoxy) is 2. The minimum atomic E-state index is -0.508. The Kier molecular flexibility index (Phi) is 8.22. The van der Waals surface area contributed by atoms with E-state index >= 15 is 0 Å². The second-order valence-electron chi connectivity index (χ2n) is 6.25. The highest BCUT2D eigenvalue weighted by molar-refractivity contribution is 6.30. The van der Waals surface area contributed by atoms with Crippen LogP contribution in [-0.2, 0) is 4.74 Å². The van der Waals surface area contributed by atoms with E-state index in [2.05, 4.69) is 0 Å². The molecule has 0 aliphatic carbocycles. The van der Waals surface area contributed by atoms with Gasteiger partial charge in [0.25, 0.3) is 0 Å². The molecular weight excluding hydrogens is 338 g/mol. The van der Waals surface area contributed by atoms with Crippen molar-refractivity contribution < 1.29 is 19.5 Å². The van der Waals surface area contributed by atoms with Gasteiger partial charge in [0, 0.05) is 5.02 Å². The molecular formula is C20H27ClNO3+. The van der Waals surface area contributed by atoms with Gasteiger partial charge < -0.3 is 19.5 Å². The zero-order chi connectivity index (χ0) is 18.1. The van der Waals surface area contributed by atoms with Crippen LogP contribution in [0.25, 0.3) is 0 Å². The van der Waals surface area contributed by atoms with Crippen molar-refractivity contribution in [3.05, 3.63) is 65.2 Å². The first kappa shape index (κ1) is 19.7. The number of likely N-dealkylation sites (N-methyl/N-ethyl adjacent to an activating group) is 1. The van der Waals surface area contributed by atoms with E-state index in [0.29, 0.717) is 24.8 Å². The molecule has 0 saturated carbocycles. The zero-order valence-electron chi connectivity index (χ0n) is 14.8. The van der Waals surface area contributed by atoms with Crippen molar-refractivity contribution in [3.8, 4) is 5.75 Å². The van der Waals surface area contributed by atoms with Crippen molar-refractivity contribution in [3.63, 3.8) is 0 Å². The lowest BCUT2D eigenvalue weighted by molar-refractivity contribution is -0.883. The second-order valence-corrected chi connectivity index (χ2v) is 6.69. The minimum Gasteiger partial charge on any atom is -0.488 e. The summed E-state index contributed by atoms with van der Waals surface area (Å²) in [6, 6.07) is 17.3. The lowest BCUT2D eigenvalue weighted by atomic mass is 10.1. The number of rotatable bonds is 10. The van der Waals surface area contributed by atoms with Gasteiger partial charge in [-0.1, -0.05) is 41.9 Å². The van der Waals surface area contributed by atoms with Crippen LogP contribution in [0.5, 0.6) is 5.75 Å². The minimum absolute atomic E-state index is 0.0753. The van der Waals surface area contributed by atoms with Gasteiger partial charge in [0.05, 0.1) is 19.8 Å². The molecule has 4 nitrogen and oxygen atoms in total. The zero-order valence-corrected chi connectivity index (χ0v) is 15.6. The fraction of sp³-hybridized carbons (Fsp3) is 0.400. The molecule has 2 aromatic rings. The summed E-state index contributed by atoms with van der Waals surface area (Å²) in [7, 11) is 2.04. The van der Waals surface area contributed by atoms with Gasteiger partial charge in [-0.3, -0.25) is 0 Å². The topological polar surface area (TPSA) is 43.1 Å². The Morgan fingerprint density at radius 2 is 1.76 bits per heavy atom. The van der Waals surface area contributed by atoms with Gasteiger partial charge in [0.2, 0.25) is 0 Å². The first-order valence-corrected chi connectivity index (χ1v) is 8.96. The van der Waals surface area contributed by atoms with Crippen molar-refractivity contribution >= 4 is 11.6 Å². The van der Waals surface area contributed by atoms with E-state index in [9.17, 15) is 5.11 Å². The molecule has 0 aliphatic heterocycles. The van der Waals surface area contributed by atoms with E-state index in [1.54, 1.807) is 0 Å². The molecule has 0 amide bonds. The highest BCUT2D eigenvalue weighted by Gasteiger charge is 2.14. The van der Waals surface area contributed by atoms with E-state index in [4.69, 9.17) is 21.1 Å². The molecule has 5 heteroatoms. The average Bonchev–Trinajstić information content (AvgIpc) is 2.61. The highest BCUT2D eigenvalue weighted by Crippen LogP contribution is 2.19. The fourth-order valence-electron chi connectivity index (χ4n) is 2.51. The molecule has 0 spiro atoms. The summed E-state index contributed by atoms with van der Waals surface area (Å²) in [5.74, 6) is 0.871. The molecule has 0 bridgehead atoms. The van der Waals surface area contributed by atoms with Gasteiger partial charge >= 0.3 is 0 Å². The smallest absolute Gasteiger partial charge is 0.137 e. The van der Waals surface area contributed by atoms with Crippen LogP contribution >= 0.6 is 11.6 Å². The molecule has 25 heavy (non-hydrogen) atoms. The number of quaternary nitrogens is 1. The number of hydrogen-bond acceptors (Lipinski definition) is 3. The number of para-hydroxylation sites is 1. The normalized spacial score (nSPS) is 14.7. The predicted octanol–water partition coefficient (Wildman–Crippen LogP) is 2.37. The van der Waals surface area contributed by atoms with Gasteiger partial charge in [-0.2, -0.15) is 0 Å². The summed E-state index contributed by atoms with van der Waals surface area (Å²) in [5, 5.41) is 10.9. The monoisotopic (exact) mass is 364 g/mol. The number of benzene rings is 2. The Balaban J connectivity index is 1.63. The summed E-state index contributed by atoms with van der Waals surface area (Å²) in [5.41, 5.74) is 1.05.